The molecule has 0 aromatic carbocycles. The second-order valence-electron chi connectivity index (χ2n) is 4.29. The Labute approximate surface area is 133 Å². The van der Waals surface area contributed by atoms with Crippen LogP contribution in [0.4, 0.5) is 19.0 Å². The smallest absolute Gasteiger partial charge is 0.436 e. The van der Waals surface area contributed by atoms with Crippen molar-refractivity contribution in [3.63, 3.8) is 0 Å². The molecule has 0 saturated carbocycles. The first-order valence-corrected chi connectivity index (χ1v) is 6.63. The zero-order chi connectivity index (χ0) is 17.0. The first-order chi connectivity index (χ1) is 10.8. The molecule has 2 heterocycles. The molecule has 2 aromatic heterocycles. The number of carbonyl (C=O) groups excluding carboxylic acids is 1. The molecule has 124 valence electrons. The zero-order valence-electron chi connectivity index (χ0n) is 11.8. The van der Waals surface area contributed by atoms with Gasteiger partial charge < -0.3 is 10.1 Å². The predicted molar refractivity (Wildman–Crippen MR) is 74.1 cm³/mol. The van der Waals surface area contributed by atoms with E-state index in [0.717, 1.165) is 10.9 Å². The Kier molecular flexibility index (Phi) is 5.04. The number of hydrogen-bond acceptors (Lipinski definition) is 6. The summed E-state index contributed by atoms with van der Waals surface area (Å²) in [6.45, 7) is 0.334. The van der Waals surface area contributed by atoms with E-state index in [-0.39, 0.29) is 18.8 Å². The molecule has 0 fully saturated rings. The standard InChI is InChI=1S/C12H11ClF3N5O2/c1-23-11(22)8-4-9(19-6-18-8)17-2-3-21-5-7(13)10(20-21)12(14,15)16/h4-6H,2-3H2,1H3,(H,17,18,19). The Morgan fingerprint density at radius 3 is 2.78 bits per heavy atom. The summed E-state index contributed by atoms with van der Waals surface area (Å²) in [5.74, 6) is -0.293. The fraction of sp³-hybridized carbons (Fsp3) is 0.333. The van der Waals surface area contributed by atoms with E-state index in [1.165, 1.54) is 19.5 Å². The Morgan fingerprint density at radius 2 is 2.17 bits per heavy atom. The Hall–Kier alpha value is -2.36. The van der Waals surface area contributed by atoms with Crippen molar-refractivity contribution >= 4 is 23.4 Å². The van der Waals surface area contributed by atoms with Crippen LogP contribution in [0.25, 0.3) is 0 Å². The fourth-order valence-electron chi connectivity index (χ4n) is 1.67. The average Bonchev–Trinajstić information content (AvgIpc) is 2.88. The Balaban J connectivity index is 1.97. The number of nitrogens with one attached hydrogen (secondary N) is 1. The molecule has 0 atom stereocenters. The van der Waals surface area contributed by atoms with Gasteiger partial charge in [-0.3, -0.25) is 4.68 Å². The number of methoxy groups -OCH3 is 1. The summed E-state index contributed by atoms with van der Waals surface area (Å²) in [5.41, 5.74) is -1.07. The van der Waals surface area contributed by atoms with Crippen LogP contribution in [0.2, 0.25) is 5.02 Å². The predicted octanol–water partition coefficient (Wildman–Crippen LogP) is 2.24. The molecule has 7 nitrogen and oxygen atoms in total. The van der Waals surface area contributed by atoms with Gasteiger partial charge in [0, 0.05) is 18.8 Å². The van der Waals surface area contributed by atoms with E-state index in [9.17, 15) is 18.0 Å². The van der Waals surface area contributed by atoms with Crippen LogP contribution in [0.15, 0.2) is 18.6 Å². The van der Waals surface area contributed by atoms with Crippen LogP contribution in [0.3, 0.4) is 0 Å². The molecule has 11 heteroatoms. The lowest BCUT2D eigenvalue weighted by Gasteiger charge is -2.06. The number of esters is 1. The van der Waals surface area contributed by atoms with Crippen molar-refractivity contribution in [2.75, 3.05) is 19.0 Å². The molecule has 0 bridgehead atoms. The molecule has 1 N–H and O–H groups in total. The minimum Gasteiger partial charge on any atom is -0.464 e. The number of alkyl halides is 3. The van der Waals surface area contributed by atoms with Crippen molar-refractivity contribution in [3.8, 4) is 0 Å². The maximum absolute atomic E-state index is 12.6. The van der Waals surface area contributed by atoms with Gasteiger partial charge in [0.1, 0.15) is 12.1 Å². The number of rotatable bonds is 5. The fourth-order valence-corrected chi connectivity index (χ4v) is 1.93. The number of anilines is 1. The van der Waals surface area contributed by atoms with E-state index in [2.05, 4.69) is 25.1 Å². The maximum Gasteiger partial charge on any atom is 0.436 e. The molecule has 0 amide bonds. The van der Waals surface area contributed by atoms with Gasteiger partial charge in [0.25, 0.3) is 0 Å². The van der Waals surface area contributed by atoms with Crippen LogP contribution in [0.5, 0.6) is 0 Å². The topological polar surface area (TPSA) is 81.9 Å². The summed E-state index contributed by atoms with van der Waals surface area (Å²) < 4.78 is 43.3. The van der Waals surface area contributed by atoms with E-state index in [1.54, 1.807) is 0 Å². The molecule has 0 aliphatic rings. The molecule has 2 rings (SSSR count). The average molecular weight is 350 g/mol. The van der Waals surface area contributed by atoms with Crippen LogP contribution >= 0.6 is 11.6 Å². The number of hydrogen-bond donors (Lipinski definition) is 1. The molecule has 0 radical (unpaired) electrons. The van der Waals surface area contributed by atoms with Crippen LogP contribution in [-0.2, 0) is 17.5 Å². The number of nitrogens with zero attached hydrogens (tertiary/aromatic N) is 4. The molecule has 0 saturated heterocycles. The monoisotopic (exact) mass is 349 g/mol. The van der Waals surface area contributed by atoms with E-state index < -0.39 is 22.9 Å². The van der Waals surface area contributed by atoms with E-state index in [0.29, 0.717) is 5.82 Å². The van der Waals surface area contributed by atoms with Gasteiger partial charge in [-0.2, -0.15) is 18.3 Å². The van der Waals surface area contributed by atoms with Crippen LogP contribution < -0.4 is 5.32 Å². The molecule has 0 unspecified atom stereocenters. The third-order valence-electron chi connectivity index (χ3n) is 2.69. The normalized spacial score (nSPS) is 11.3. The molecule has 0 aliphatic carbocycles. The van der Waals surface area contributed by atoms with Gasteiger partial charge in [0.2, 0.25) is 0 Å². The highest BCUT2D eigenvalue weighted by atomic mass is 35.5. The van der Waals surface area contributed by atoms with Gasteiger partial charge in [-0.15, -0.1) is 0 Å². The second kappa shape index (κ2) is 6.82. The van der Waals surface area contributed by atoms with Crippen LogP contribution in [-0.4, -0.2) is 39.4 Å². The van der Waals surface area contributed by atoms with Crippen molar-refractivity contribution in [2.24, 2.45) is 0 Å². The molecule has 2 aromatic rings. The quantitative estimate of drug-likeness (QED) is 0.834. The number of halogens is 4. The van der Waals surface area contributed by atoms with E-state index >= 15 is 0 Å². The van der Waals surface area contributed by atoms with Gasteiger partial charge in [-0.1, -0.05) is 11.6 Å². The van der Waals surface area contributed by atoms with Gasteiger partial charge >= 0.3 is 12.1 Å². The van der Waals surface area contributed by atoms with Crippen LogP contribution in [0.1, 0.15) is 16.2 Å². The Morgan fingerprint density at radius 1 is 1.43 bits per heavy atom. The second-order valence-corrected chi connectivity index (χ2v) is 4.70. The largest absolute Gasteiger partial charge is 0.464 e. The van der Waals surface area contributed by atoms with E-state index in [1.807, 2.05) is 0 Å². The number of carbonyl (C=O) groups is 1. The first kappa shape index (κ1) is 17.0. The summed E-state index contributed by atoms with van der Waals surface area (Å²) in [7, 11) is 1.22. The summed E-state index contributed by atoms with van der Waals surface area (Å²) in [5, 5.41) is 5.75. The third kappa shape index (κ3) is 4.31. The summed E-state index contributed by atoms with van der Waals surface area (Å²) in [6, 6.07) is 1.36. The van der Waals surface area contributed by atoms with Crippen molar-refractivity contribution < 1.29 is 22.7 Å². The molecule has 0 spiro atoms. The van der Waals surface area contributed by atoms with Gasteiger partial charge in [0.15, 0.2) is 11.4 Å². The summed E-state index contributed by atoms with van der Waals surface area (Å²) >= 11 is 5.50. The number of ether oxygens (including phenoxy) is 1. The highest BCUT2D eigenvalue weighted by Gasteiger charge is 2.36. The minimum atomic E-state index is -4.60. The van der Waals surface area contributed by atoms with Crippen molar-refractivity contribution in [1.82, 2.24) is 19.7 Å². The van der Waals surface area contributed by atoms with E-state index in [4.69, 9.17) is 11.6 Å². The highest BCUT2D eigenvalue weighted by Crippen LogP contribution is 2.32. The SMILES string of the molecule is COC(=O)c1cc(NCCn2cc(Cl)c(C(F)(F)F)n2)ncn1. The van der Waals surface area contributed by atoms with Crippen molar-refractivity contribution in [2.45, 2.75) is 12.7 Å². The van der Waals surface area contributed by atoms with Crippen molar-refractivity contribution in [1.29, 1.82) is 0 Å². The molecular weight excluding hydrogens is 339 g/mol. The maximum atomic E-state index is 12.6. The van der Waals surface area contributed by atoms with Gasteiger partial charge in [-0.05, 0) is 0 Å². The summed E-state index contributed by atoms with van der Waals surface area (Å²) in [4.78, 5) is 18.9. The van der Waals surface area contributed by atoms with Gasteiger partial charge in [0.05, 0.1) is 18.7 Å². The molecule has 23 heavy (non-hydrogen) atoms. The molecular formula is C12H11ClF3N5O2. The van der Waals surface area contributed by atoms with Crippen molar-refractivity contribution in [3.05, 3.63) is 35.0 Å². The lowest BCUT2D eigenvalue weighted by Crippen LogP contribution is -2.14. The third-order valence-corrected chi connectivity index (χ3v) is 2.97. The summed E-state index contributed by atoms with van der Waals surface area (Å²) in [6.07, 6.45) is -2.34. The zero-order valence-corrected chi connectivity index (χ0v) is 12.5. The lowest BCUT2D eigenvalue weighted by molar-refractivity contribution is -0.141. The number of aromatic nitrogens is 4. The highest BCUT2D eigenvalue weighted by molar-refractivity contribution is 6.31. The molecule has 0 aliphatic heterocycles. The van der Waals surface area contributed by atoms with Gasteiger partial charge in [-0.25, -0.2) is 14.8 Å². The van der Waals surface area contributed by atoms with Crippen LogP contribution in [0, 0.1) is 0 Å². The minimum absolute atomic E-state index is 0.0616. The first-order valence-electron chi connectivity index (χ1n) is 6.25. The Bertz CT molecular complexity index is 704. The lowest BCUT2D eigenvalue weighted by atomic mass is 10.4.